The second kappa shape index (κ2) is 5.23. The average Bonchev–Trinajstić information content (AvgIpc) is 2.31. The third kappa shape index (κ3) is 3.20. The largest absolute Gasteiger partial charge is 0.299 e. The summed E-state index contributed by atoms with van der Waals surface area (Å²) in [5, 5.41) is 0. The van der Waals surface area contributed by atoms with Crippen molar-refractivity contribution in [2.75, 3.05) is 13.1 Å². The minimum Gasteiger partial charge on any atom is -0.299 e. The van der Waals surface area contributed by atoms with Gasteiger partial charge < -0.3 is 0 Å². The van der Waals surface area contributed by atoms with Gasteiger partial charge in [-0.25, -0.2) is 0 Å². The highest BCUT2D eigenvalue weighted by molar-refractivity contribution is 5.82. The molecule has 0 spiro atoms. The molecule has 2 rings (SSSR count). The Labute approximate surface area is 110 Å². The maximum atomic E-state index is 12.0. The first-order valence-corrected chi connectivity index (χ1v) is 6.76. The highest BCUT2D eigenvalue weighted by Gasteiger charge is 2.35. The van der Waals surface area contributed by atoms with Crippen molar-refractivity contribution < 1.29 is 4.79 Å². The number of Topliss-reactive ketones (excluding diaryl/α,β-unsaturated/α-hetero) is 1. The maximum Gasteiger partial charge on any atom is 0.139 e. The van der Waals surface area contributed by atoms with Crippen LogP contribution in [0.3, 0.4) is 0 Å². The Morgan fingerprint density at radius 3 is 2.50 bits per heavy atom. The van der Waals surface area contributed by atoms with E-state index in [0.29, 0.717) is 12.2 Å². The van der Waals surface area contributed by atoms with Crippen LogP contribution in [-0.2, 0) is 11.3 Å². The number of piperidine rings is 1. The van der Waals surface area contributed by atoms with E-state index in [0.717, 1.165) is 19.6 Å². The van der Waals surface area contributed by atoms with Crippen LogP contribution in [0.25, 0.3) is 0 Å². The van der Waals surface area contributed by atoms with Crippen LogP contribution in [0.5, 0.6) is 0 Å². The van der Waals surface area contributed by atoms with Gasteiger partial charge in [-0.2, -0.15) is 0 Å². The van der Waals surface area contributed by atoms with Gasteiger partial charge in [-0.15, -0.1) is 0 Å². The molecular weight excluding hydrogens is 222 g/mol. The number of hydrogen-bond acceptors (Lipinski definition) is 2. The van der Waals surface area contributed by atoms with E-state index in [-0.39, 0.29) is 11.3 Å². The van der Waals surface area contributed by atoms with Gasteiger partial charge in [0.15, 0.2) is 0 Å². The number of likely N-dealkylation sites (tertiary alicyclic amines) is 1. The molecule has 2 heteroatoms. The van der Waals surface area contributed by atoms with E-state index in [1.54, 1.807) is 0 Å². The predicted molar refractivity (Wildman–Crippen MR) is 74.3 cm³/mol. The summed E-state index contributed by atoms with van der Waals surface area (Å²) in [7, 11) is 0. The van der Waals surface area contributed by atoms with Crippen LogP contribution in [0.15, 0.2) is 30.3 Å². The molecule has 18 heavy (non-hydrogen) atoms. The first-order chi connectivity index (χ1) is 8.47. The Kier molecular flexibility index (Phi) is 3.86. The van der Waals surface area contributed by atoms with Crippen LogP contribution in [-0.4, -0.2) is 23.8 Å². The van der Waals surface area contributed by atoms with Crippen molar-refractivity contribution in [3.8, 4) is 0 Å². The molecule has 2 nitrogen and oxygen atoms in total. The molecular formula is C16H23NO. The fourth-order valence-corrected chi connectivity index (χ4v) is 2.64. The van der Waals surface area contributed by atoms with Gasteiger partial charge in [0.05, 0.1) is 0 Å². The highest BCUT2D eigenvalue weighted by atomic mass is 16.1. The van der Waals surface area contributed by atoms with Crippen molar-refractivity contribution in [3.63, 3.8) is 0 Å². The molecule has 0 N–H and O–H groups in total. The van der Waals surface area contributed by atoms with Crippen molar-refractivity contribution >= 4 is 5.78 Å². The zero-order valence-corrected chi connectivity index (χ0v) is 11.6. The summed E-state index contributed by atoms with van der Waals surface area (Å²) in [5.41, 5.74) is 1.41. The van der Waals surface area contributed by atoms with Crippen LogP contribution >= 0.6 is 0 Å². The molecule has 0 aliphatic carbocycles. The number of carbonyl (C=O) groups excluding carboxylic acids is 1. The zero-order valence-electron chi connectivity index (χ0n) is 11.6. The predicted octanol–water partition coefficient (Wildman–Crippen LogP) is 3.12. The summed E-state index contributed by atoms with van der Waals surface area (Å²) in [6.45, 7) is 9.27. The normalized spacial score (nSPS) is 22.2. The van der Waals surface area contributed by atoms with E-state index in [9.17, 15) is 4.79 Å². The number of benzene rings is 1. The van der Waals surface area contributed by atoms with Crippen molar-refractivity contribution in [1.82, 2.24) is 4.90 Å². The Morgan fingerprint density at radius 2 is 1.89 bits per heavy atom. The van der Waals surface area contributed by atoms with Gasteiger partial charge in [0.1, 0.15) is 5.78 Å². The monoisotopic (exact) mass is 245 g/mol. The van der Waals surface area contributed by atoms with Crippen molar-refractivity contribution in [1.29, 1.82) is 0 Å². The zero-order chi connectivity index (χ0) is 13.2. The SMILES string of the molecule is CC(C)(C)C1CN(Cc2ccccc2)CCC1=O. The lowest BCUT2D eigenvalue weighted by Crippen LogP contribution is -2.45. The van der Waals surface area contributed by atoms with E-state index in [4.69, 9.17) is 0 Å². The average molecular weight is 245 g/mol. The molecule has 1 aliphatic heterocycles. The molecule has 0 bridgehead atoms. The molecule has 1 heterocycles. The lowest BCUT2D eigenvalue weighted by Gasteiger charge is -2.38. The quantitative estimate of drug-likeness (QED) is 0.798. The first-order valence-electron chi connectivity index (χ1n) is 6.76. The molecule has 0 aromatic heterocycles. The summed E-state index contributed by atoms with van der Waals surface area (Å²) in [6.07, 6.45) is 0.703. The van der Waals surface area contributed by atoms with E-state index in [1.165, 1.54) is 5.56 Å². The second-order valence-corrected chi connectivity index (χ2v) is 6.36. The topological polar surface area (TPSA) is 20.3 Å². The molecule has 1 saturated heterocycles. The van der Waals surface area contributed by atoms with Crippen molar-refractivity contribution in [2.45, 2.75) is 33.7 Å². The van der Waals surface area contributed by atoms with Crippen LogP contribution in [0.2, 0.25) is 0 Å². The number of carbonyl (C=O) groups is 1. The standard InChI is InChI=1S/C16H23NO/c1-16(2,3)14-12-17(10-9-15(14)18)11-13-7-5-4-6-8-13/h4-8,14H,9-12H2,1-3H3. The Hall–Kier alpha value is -1.15. The Morgan fingerprint density at radius 1 is 1.22 bits per heavy atom. The van der Waals surface area contributed by atoms with Crippen LogP contribution in [0.4, 0.5) is 0 Å². The van der Waals surface area contributed by atoms with E-state index in [2.05, 4.69) is 49.9 Å². The molecule has 1 aromatic carbocycles. The van der Waals surface area contributed by atoms with Gasteiger partial charge in [-0.1, -0.05) is 51.1 Å². The van der Waals surface area contributed by atoms with Gasteiger partial charge in [0.2, 0.25) is 0 Å². The fraction of sp³-hybridized carbons (Fsp3) is 0.562. The summed E-state index contributed by atoms with van der Waals surface area (Å²) >= 11 is 0. The number of ketones is 1. The van der Waals surface area contributed by atoms with E-state index in [1.807, 2.05) is 6.07 Å². The summed E-state index contributed by atoms with van der Waals surface area (Å²) < 4.78 is 0. The summed E-state index contributed by atoms with van der Waals surface area (Å²) in [4.78, 5) is 14.4. The Balaban J connectivity index is 2.02. The molecule has 1 atom stereocenters. The van der Waals surface area contributed by atoms with E-state index >= 15 is 0 Å². The van der Waals surface area contributed by atoms with Gasteiger partial charge >= 0.3 is 0 Å². The van der Waals surface area contributed by atoms with Crippen LogP contribution in [0.1, 0.15) is 32.8 Å². The van der Waals surface area contributed by atoms with Crippen molar-refractivity contribution in [2.24, 2.45) is 11.3 Å². The van der Waals surface area contributed by atoms with Gasteiger partial charge in [-0.05, 0) is 11.0 Å². The molecule has 0 saturated carbocycles. The van der Waals surface area contributed by atoms with E-state index < -0.39 is 0 Å². The minimum atomic E-state index is 0.0758. The molecule has 98 valence electrons. The molecule has 1 aromatic rings. The van der Waals surface area contributed by atoms with Gasteiger partial charge in [0.25, 0.3) is 0 Å². The summed E-state index contributed by atoms with van der Waals surface area (Å²) in [6, 6.07) is 10.5. The van der Waals surface area contributed by atoms with Gasteiger partial charge in [0, 0.05) is 32.0 Å². The molecule has 1 unspecified atom stereocenters. The van der Waals surface area contributed by atoms with Crippen LogP contribution in [0, 0.1) is 11.3 Å². The number of nitrogens with zero attached hydrogens (tertiary/aromatic N) is 1. The second-order valence-electron chi connectivity index (χ2n) is 6.36. The molecule has 0 radical (unpaired) electrons. The number of rotatable bonds is 2. The number of hydrogen-bond donors (Lipinski definition) is 0. The highest BCUT2D eigenvalue weighted by Crippen LogP contribution is 2.31. The third-order valence-electron chi connectivity index (χ3n) is 3.80. The van der Waals surface area contributed by atoms with Gasteiger partial charge in [-0.3, -0.25) is 9.69 Å². The maximum absolute atomic E-state index is 12.0. The smallest absolute Gasteiger partial charge is 0.139 e. The molecule has 1 fully saturated rings. The Bertz CT molecular complexity index is 405. The van der Waals surface area contributed by atoms with Crippen molar-refractivity contribution in [3.05, 3.63) is 35.9 Å². The third-order valence-corrected chi connectivity index (χ3v) is 3.80. The fourth-order valence-electron chi connectivity index (χ4n) is 2.64. The first kappa shape index (κ1) is 13.3. The molecule has 0 amide bonds. The van der Waals surface area contributed by atoms with Crippen LogP contribution < -0.4 is 0 Å². The lowest BCUT2D eigenvalue weighted by atomic mass is 9.75. The lowest BCUT2D eigenvalue weighted by molar-refractivity contribution is -0.130. The minimum absolute atomic E-state index is 0.0758. The summed E-state index contributed by atoms with van der Waals surface area (Å²) in [5.74, 6) is 0.613. The molecule has 1 aliphatic rings.